The first-order valence-corrected chi connectivity index (χ1v) is 5.62. The second kappa shape index (κ2) is 8.17. The number of carbonyl (C=O) groups is 1. The molecule has 0 saturated heterocycles. The van der Waals surface area contributed by atoms with E-state index in [1.807, 2.05) is 0 Å². The molecule has 17 heavy (non-hydrogen) atoms. The maximum atomic E-state index is 9.76. The van der Waals surface area contributed by atoms with Gasteiger partial charge in [-0.15, -0.1) is 12.4 Å². The first kappa shape index (κ1) is 16.0. The molecule has 0 bridgehead atoms. The summed E-state index contributed by atoms with van der Waals surface area (Å²) in [6.45, 7) is 0. The lowest BCUT2D eigenvalue weighted by Gasteiger charge is -1.96. The highest BCUT2D eigenvalue weighted by Gasteiger charge is 2.06. The zero-order valence-electron chi connectivity index (χ0n) is 9.24. The largest absolute Gasteiger partial charge is 0.480 e. The van der Waals surface area contributed by atoms with Crippen molar-refractivity contribution in [1.29, 1.82) is 0 Å². The van der Waals surface area contributed by atoms with E-state index in [0.29, 0.717) is 0 Å². The van der Waals surface area contributed by atoms with Gasteiger partial charge < -0.3 is 10.8 Å². The van der Waals surface area contributed by atoms with Crippen LogP contribution in [0, 0.1) is 0 Å². The van der Waals surface area contributed by atoms with E-state index < -0.39 is 12.0 Å². The van der Waals surface area contributed by atoms with E-state index in [0.717, 1.165) is 6.42 Å². The minimum atomic E-state index is -1.00. The number of hydrogen-bond acceptors (Lipinski definition) is 3. The Balaban J connectivity index is 0.000000296. The molecule has 3 N–H and O–H groups in total. The first-order valence-electron chi connectivity index (χ1n) is 4.99. The molecule has 0 saturated carbocycles. The molecular weight excluding hydrogens is 258 g/mol. The SMILES string of the molecule is C1=Cc2ccccc2C1.Cl.N[C@@H](CS)C(=O)O. The van der Waals surface area contributed by atoms with Crippen LogP contribution in [-0.4, -0.2) is 22.9 Å². The molecule has 1 aliphatic rings. The lowest BCUT2D eigenvalue weighted by molar-refractivity contribution is -0.137. The molecule has 1 aromatic rings. The van der Waals surface area contributed by atoms with E-state index in [1.165, 1.54) is 11.1 Å². The quantitative estimate of drug-likeness (QED) is 0.723. The molecule has 0 unspecified atom stereocenters. The average Bonchev–Trinajstić information content (AvgIpc) is 2.76. The summed E-state index contributed by atoms with van der Waals surface area (Å²) < 4.78 is 0. The molecule has 1 aromatic carbocycles. The van der Waals surface area contributed by atoms with E-state index >= 15 is 0 Å². The van der Waals surface area contributed by atoms with E-state index in [-0.39, 0.29) is 18.2 Å². The summed E-state index contributed by atoms with van der Waals surface area (Å²) in [7, 11) is 0. The van der Waals surface area contributed by atoms with Gasteiger partial charge in [0.15, 0.2) is 0 Å². The molecule has 0 spiro atoms. The second-order valence-electron chi connectivity index (χ2n) is 3.43. The Bertz CT molecular complexity index is 396. The Hall–Kier alpha value is -0.970. The van der Waals surface area contributed by atoms with Crippen molar-refractivity contribution >= 4 is 37.1 Å². The minimum Gasteiger partial charge on any atom is -0.480 e. The number of allylic oxidation sites excluding steroid dienone is 1. The Labute approximate surface area is 113 Å². The zero-order valence-corrected chi connectivity index (χ0v) is 11.0. The molecule has 0 radical (unpaired) electrons. The van der Waals surface area contributed by atoms with Gasteiger partial charge in [-0.25, -0.2) is 0 Å². The number of carboxylic acid groups (broad SMARTS) is 1. The predicted octanol–water partition coefficient (Wildman–Crippen LogP) is 2.01. The summed E-state index contributed by atoms with van der Waals surface area (Å²) in [4.78, 5) is 9.76. The number of nitrogens with two attached hydrogens (primary N) is 1. The monoisotopic (exact) mass is 273 g/mol. The minimum absolute atomic E-state index is 0. The van der Waals surface area contributed by atoms with Gasteiger partial charge in [0.05, 0.1) is 0 Å². The van der Waals surface area contributed by atoms with Crippen LogP contribution >= 0.6 is 25.0 Å². The van der Waals surface area contributed by atoms with Gasteiger partial charge in [0, 0.05) is 5.75 Å². The van der Waals surface area contributed by atoms with Gasteiger partial charge in [0.25, 0.3) is 0 Å². The molecule has 1 aliphatic carbocycles. The second-order valence-corrected chi connectivity index (χ2v) is 3.80. The van der Waals surface area contributed by atoms with Gasteiger partial charge in [-0.2, -0.15) is 12.6 Å². The molecule has 0 aliphatic heterocycles. The zero-order chi connectivity index (χ0) is 12.0. The van der Waals surface area contributed by atoms with Crippen LogP contribution < -0.4 is 5.73 Å². The van der Waals surface area contributed by atoms with Crippen molar-refractivity contribution in [2.24, 2.45) is 5.73 Å². The molecule has 2 rings (SSSR count). The van der Waals surface area contributed by atoms with Crippen molar-refractivity contribution in [2.45, 2.75) is 12.5 Å². The van der Waals surface area contributed by atoms with Crippen molar-refractivity contribution in [1.82, 2.24) is 0 Å². The van der Waals surface area contributed by atoms with Crippen LogP contribution in [0.25, 0.3) is 6.08 Å². The first-order chi connectivity index (χ1) is 7.65. The molecular formula is C12H16ClNO2S. The highest BCUT2D eigenvalue weighted by molar-refractivity contribution is 7.80. The van der Waals surface area contributed by atoms with Crippen LogP contribution in [0.1, 0.15) is 11.1 Å². The number of hydrogen-bond donors (Lipinski definition) is 3. The molecule has 1 atom stereocenters. The molecule has 0 heterocycles. The Morgan fingerprint density at radius 3 is 2.59 bits per heavy atom. The number of rotatable bonds is 2. The van der Waals surface area contributed by atoms with Crippen LogP contribution in [0.5, 0.6) is 0 Å². The van der Waals surface area contributed by atoms with Crippen molar-refractivity contribution < 1.29 is 9.90 Å². The topological polar surface area (TPSA) is 63.3 Å². The van der Waals surface area contributed by atoms with Gasteiger partial charge in [-0.3, -0.25) is 4.79 Å². The van der Waals surface area contributed by atoms with Crippen molar-refractivity contribution in [3.8, 4) is 0 Å². The molecule has 0 fully saturated rings. The number of benzene rings is 1. The lowest BCUT2D eigenvalue weighted by Crippen LogP contribution is -2.31. The van der Waals surface area contributed by atoms with Crippen LogP contribution in [0.3, 0.4) is 0 Å². The number of fused-ring (bicyclic) bond motifs is 1. The Morgan fingerprint density at radius 2 is 2.12 bits per heavy atom. The fraction of sp³-hybridized carbons (Fsp3) is 0.250. The number of thiol groups is 1. The third-order valence-electron chi connectivity index (χ3n) is 2.20. The van der Waals surface area contributed by atoms with E-state index in [4.69, 9.17) is 10.8 Å². The summed E-state index contributed by atoms with van der Waals surface area (Å²) in [5, 5.41) is 8.01. The van der Waals surface area contributed by atoms with Crippen molar-refractivity contribution in [3.63, 3.8) is 0 Å². The van der Waals surface area contributed by atoms with Crippen molar-refractivity contribution in [2.75, 3.05) is 5.75 Å². The van der Waals surface area contributed by atoms with Gasteiger partial charge >= 0.3 is 5.97 Å². The van der Waals surface area contributed by atoms with E-state index in [2.05, 4.69) is 49.0 Å². The number of aliphatic carboxylic acids is 1. The van der Waals surface area contributed by atoms with Crippen molar-refractivity contribution in [3.05, 3.63) is 41.5 Å². The Morgan fingerprint density at radius 1 is 1.47 bits per heavy atom. The fourth-order valence-electron chi connectivity index (χ4n) is 1.27. The third-order valence-corrected chi connectivity index (χ3v) is 2.60. The average molecular weight is 274 g/mol. The van der Waals surface area contributed by atoms with Crippen LogP contribution in [0.4, 0.5) is 0 Å². The summed E-state index contributed by atoms with van der Waals surface area (Å²) in [5.41, 5.74) is 7.78. The lowest BCUT2D eigenvalue weighted by atomic mass is 10.1. The van der Waals surface area contributed by atoms with Gasteiger partial charge in [-0.1, -0.05) is 36.4 Å². The summed E-state index contributed by atoms with van der Waals surface area (Å²) in [5.74, 6) is -0.815. The summed E-state index contributed by atoms with van der Waals surface area (Å²) in [6.07, 6.45) is 5.50. The predicted molar refractivity (Wildman–Crippen MR) is 75.9 cm³/mol. The maximum Gasteiger partial charge on any atom is 0.321 e. The number of carboxylic acids is 1. The van der Waals surface area contributed by atoms with Crippen LogP contribution in [0.2, 0.25) is 0 Å². The normalized spacial score (nSPS) is 12.8. The van der Waals surface area contributed by atoms with Crippen LogP contribution in [0.15, 0.2) is 30.3 Å². The molecule has 0 amide bonds. The summed E-state index contributed by atoms with van der Waals surface area (Å²) in [6, 6.07) is 7.68. The molecule has 0 aromatic heterocycles. The van der Waals surface area contributed by atoms with Gasteiger partial charge in [0.2, 0.25) is 0 Å². The summed E-state index contributed by atoms with van der Waals surface area (Å²) >= 11 is 3.65. The third kappa shape index (κ3) is 5.26. The Kier molecular flexibility index (Phi) is 7.70. The highest BCUT2D eigenvalue weighted by atomic mass is 35.5. The van der Waals surface area contributed by atoms with E-state index in [1.54, 1.807) is 0 Å². The van der Waals surface area contributed by atoms with E-state index in [9.17, 15) is 4.79 Å². The molecule has 5 heteroatoms. The van der Waals surface area contributed by atoms with Gasteiger partial charge in [0.1, 0.15) is 6.04 Å². The highest BCUT2D eigenvalue weighted by Crippen LogP contribution is 2.17. The van der Waals surface area contributed by atoms with Gasteiger partial charge in [-0.05, 0) is 17.5 Å². The fourth-order valence-corrected chi connectivity index (χ4v) is 1.43. The molecule has 94 valence electrons. The maximum absolute atomic E-state index is 9.76. The molecule has 3 nitrogen and oxygen atoms in total. The smallest absolute Gasteiger partial charge is 0.321 e. The number of halogens is 1. The van der Waals surface area contributed by atoms with Crippen LogP contribution in [-0.2, 0) is 11.2 Å². The standard InChI is InChI=1S/C9H8.C3H7NO2S.ClH/c1-2-5-9-7-3-6-8(9)4-1;4-2(1-7)3(5)6;/h1-6H,7H2;2,7H,1,4H2,(H,5,6);1H/t;2-;/m.0./s1.